The molecule has 0 aliphatic carbocycles. The number of benzene rings is 1. The third-order valence-electron chi connectivity index (χ3n) is 5.98. The zero-order valence-corrected chi connectivity index (χ0v) is 22.7. The molecule has 1 aromatic rings. The van der Waals surface area contributed by atoms with Crippen LogP contribution in [0.3, 0.4) is 0 Å². The van der Waals surface area contributed by atoms with Gasteiger partial charge in [-0.15, -0.1) is 0 Å². The van der Waals surface area contributed by atoms with Gasteiger partial charge in [0.05, 0.1) is 7.11 Å². The van der Waals surface area contributed by atoms with E-state index < -0.39 is 10.4 Å². The molecule has 0 spiro atoms. The van der Waals surface area contributed by atoms with Crippen molar-refractivity contribution in [2.75, 3.05) is 26.1 Å². The van der Waals surface area contributed by atoms with Crippen LogP contribution >= 0.6 is 0 Å². The van der Waals surface area contributed by atoms with E-state index in [1.54, 1.807) is 0 Å². The highest BCUT2D eigenvalue weighted by Gasteiger charge is 2.03. The highest BCUT2D eigenvalue weighted by molar-refractivity contribution is 7.80. The van der Waals surface area contributed by atoms with Gasteiger partial charge in [0.1, 0.15) is 0 Å². The van der Waals surface area contributed by atoms with Crippen LogP contribution in [0.15, 0.2) is 24.3 Å². The van der Waals surface area contributed by atoms with Crippen LogP contribution in [0.25, 0.3) is 0 Å². The van der Waals surface area contributed by atoms with E-state index in [0.717, 1.165) is 7.11 Å². The molecule has 0 amide bonds. The molecular weight excluding hydrogens is 434 g/mol. The maximum Gasteiger partial charge on any atom is 0.397 e. The lowest BCUT2D eigenvalue weighted by Crippen LogP contribution is -2.11. The van der Waals surface area contributed by atoms with Crippen molar-refractivity contribution < 1.29 is 17.2 Å². The van der Waals surface area contributed by atoms with Crippen molar-refractivity contribution in [3.05, 3.63) is 29.8 Å². The molecule has 6 heteroatoms. The standard InChI is InChI=1S/C26H47N.CH4O4S/c1-4-5-6-7-8-9-10-11-12-13-14-15-16-17-18-19-22-25-23-20-21-24-26(25)27(2)3;1-5-6(2,3)4/h20-21,23-24H,4-19,22H2,1-3H3;1H3,(H,2,3,4). The van der Waals surface area contributed by atoms with Gasteiger partial charge in [-0.1, -0.05) is 121 Å². The molecule has 33 heavy (non-hydrogen) atoms. The topological polar surface area (TPSA) is 66.8 Å². The van der Waals surface area contributed by atoms with Gasteiger partial charge in [-0.2, -0.15) is 8.42 Å². The summed E-state index contributed by atoms with van der Waals surface area (Å²) >= 11 is 0. The maximum atomic E-state index is 9.33. The first-order valence-electron chi connectivity index (χ1n) is 13.1. The average molecular weight is 486 g/mol. The molecule has 0 saturated heterocycles. The smallest absolute Gasteiger partial charge is 0.377 e. The summed E-state index contributed by atoms with van der Waals surface area (Å²) in [6.45, 7) is 2.30. The Kier molecular flexibility index (Phi) is 20.7. The molecule has 1 aromatic carbocycles. The summed E-state index contributed by atoms with van der Waals surface area (Å²) in [5.41, 5.74) is 2.89. The predicted molar refractivity (Wildman–Crippen MR) is 143 cm³/mol. The van der Waals surface area contributed by atoms with E-state index in [-0.39, 0.29) is 0 Å². The molecule has 0 radical (unpaired) electrons. The number of hydrogen-bond donors (Lipinski definition) is 1. The van der Waals surface area contributed by atoms with Crippen LogP contribution in [0.2, 0.25) is 0 Å². The molecule has 0 aliphatic rings. The second-order valence-corrected chi connectivity index (χ2v) is 10.4. The van der Waals surface area contributed by atoms with Gasteiger partial charge in [0.15, 0.2) is 0 Å². The molecule has 1 rings (SSSR count). The number of nitrogens with zero attached hydrogens (tertiary/aromatic N) is 1. The van der Waals surface area contributed by atoms with Gasteiger partial charge < -0.3 is 4.90 Å². The van der Waals surface area contributed by atoms with Crippen LogP contribution in [-0.4, -0.2) is 34.2 Å². The fourth-order valence-corrected chi connectivity index (χ4v) is 4.02. The van der Waals surface area contributed by atoms with Crippen LogP contribution < -0.4 is 4.90 Å². The second kappa shape index (κ2) is 21.4. The van der Waals surface area contributed by atoms with Gasteiger partial charge in [0, 0.05) is 19.8 Å². The molecule has 0 bridgehead atoms. The zero-order valence-electron chi connectivity index (χ0n) is 21.9. The highest BCUT2D eigenvalue weighted by atomic mass is 32.3. The van der Waals surface area contributed by atoms with Gasteiger partial charge in [0.25, 0.3) is 0 Å². The minimum Gasteiger partial charge on any atom is -0.377 e. The first-order chi connectivity index (χ1) is 15.8. The van der Waals surface area contributed by atoms with Crippen LogP contribution in [0, 0.1) is 0 Å². The van der Waals surface area contributed by atoms with E-state index in [0.29, 0.717) is 0 Å². The van der Waals surface area contributed by atoms with Gasteiger partial charge >= 0.3 is 10.4 Å². The molecule has 0 fully saturated rings. The maximum absolute atomic E-state index is 9.33. The van der Waals surface area contributed by atoms with E-state index in [1.165, 1.54) is 120 Å². The van der Waals surface area contributed by atoms with Crippen molar-refractivity contribution in [1.82, 2.24) is 0 Å². The summed E-state index contributed by atoms with van der Waals surface area (Å²) in [6.07, 6.45) is 24.3. The second-order valence-electron chi connectivity index (χ2n) is 9.17. The molecule has 0 aromatic heterocycles. The summed E-state index contributed by atoms with van der Waals surface area (Å²) in [5.74, 6) is 0. The van der Waals surface area contributed by atoms with Crippen LogP contribution in [-0.2, 0) is 21.0 Å². The Morgan fingerprint density at radius 3 is 1.45 bits per heavy atom. The Balaban J connectivity index is 0.00000150. The number of anilines is 1. The summed E-state index contributed by atoms with van der Waals surface area (Å²) < 4.78 is 29.7. The van der Waals surface area contributed by atoms with Crippen LogP contribution in [0.4, 0.5) is 5.69 Å². The van der Waals surface area contributed by atoms with E-state index in [2.05, 4.69) is 54.4 Å². The molecule has 194 valence electrons. The first kappa shape index (κ1) is 31.9. The van der Waals surface area contributed by atoms with Crippen molar-refractivity contribution in [3.8, 4) is 0 Å². The molecular formula is C27H51NO4S. The lowest BCUT2D eigenvalue weighted by atomic mass is 10.0. The third kappa shape index (κ3) is 21.2. The van der Waals surface area contributed by atoms with Gasteiger partial charge in [-0.25, -0.2) is 0 Å². The Morgan fingerprint density at radius 1 is 0.727 bits per heavy atom. The normalized spacial score (nSPS) is 11.2. The van der Waals surface area contributed by atoms with Crippen molar-refractivity contribution >= 4 is 16.1 Å². The predicted octanol–water partition coefficient (Wildman–Crippen LogP) is 7.99. The number of hydrogen-bond acceptors (Lipinski definition) is 4. The minimum absolute atomic E-state index is 0.870. The van der Waals surface area contributed by atoms with Crippen molar-refractivity contribution in [2.45, 2.75) is 116 Å². The van der Waals surface area contributed by atoms with Gasteiger partial charge in [-0.05, 0) is 24.5 Å². The summed E-state index contributed by atoms with van der Waals surface area (Å²) in [4.78, 5) is 2.24. The lowest BCUT2D eigenvalue weighted by molar-refractivity contribution is 0.324. The Labute approximate surface area is 205 Å². The van der Waals surface area contributed by atoms with Crippen molar-refractivity contribution in [2.24, 2.45) is 0 Å². The molecule has 0 unspecified atom stereocenters. The quantitative estimate of drug-likeness (QED) is 0.159. The van der Waals surface area contributed by atoms with Gasteiger partial charge in [0.2, 0.25) is 0 Å². The Bertz CT molecular complexity index is 662. The SMILES string of the molecule is CCCCCCCCCCCCCCCCCCc1ccccc1N(C)C.COS(=O)(=O)O. The number of unbranched alkanes of at least 4 members (excludes halogenated alkanes) is 15. The Hall–Kier alpha value is -1.11. The van der Waals surface area contributed by atoms with Crippen molar-refractivity contribution in [3.63, 3.8) is 0 Å². The number of aryl methyl sites for hydroxylation is 1. The summed E-state index contributed by atoms with van der Waals surface area (Å²) in [6, 6.07) is 8.85. The molecule has 5 nitrogen and oxygen atoms in total. The minimum atomic E-state index is -4.16. The lowest BCUT2D eigenvalue weighted by Gasteiger charge is -2.17. The summed E-state index contributed by atoms with van der Waals surface area (Å²) in [7, 11) is 0.999. The average Bonchev–Trinajstić information content (AvgIpc) is 2.79. The first-order valence-corrected chi connectivity index (χ1v) is 14.5. The molecule has 0 atom stereocenters. The zero-order chi connectivity index (χ0) is 24.8. The molecule has 1 N–H and O–H groups in total. The van der Waals surface area contributed by atoms with E-state index in [1.807, 2.05) is 0 Å². The van der Waals surface area contributed by atoms with Crippen molar-refractivity contribution in [1.29, 1.82) is 0 Å². The van der Waals surface area contributed by atoms with Crippen LogP contribution in [0.1, 0.15) is 115 Å². The highest BCUT2D eigenvalue weighted by Crippen LogP contribution is 2.21. The molecule has 0 aliphatic heterocycles. The third-order valence-corrected chi connectivity index (χ3v) is 6.40. The number of para-hydroxylation sites is 1. The monoisotopic (exact) mass is 485 g/mol. The fourth-order valence-electron chi connectivity index (χ4n) is 4.02. The van der Waals surface area contributed by atoms with Crippen LogP contribution in [0.5, 0.6) is 0 Å². The molecule has 0 saturated carbocycles. The van der Waals surface area contributed by atoms with E-state index in [9.17, 15) is 8.42 Å². The summed E-state index contributed by atoms with van der Waals surface area (Å²) in [5, 5.41) is 0. The van der Waals surface area contributed by atoms with Gasteiger partial charge in [-0.3, -0.25) is 8.74 Å². The molecule has 0 heterocycles. The number of rotatable bonds is 19. The van der Waals surface area contributed by atoms with E-state index in [4.69, 9.17) is 4.55 Å². The Morgan fingerprint density at radius 2 is 1.09 bits per heavy atom. The largest absolute Gasteiger partial charge is 0.397 e. The van der Waals surface area contributed by atoms with E-state index >= 15 is 0 Å². The fraction of sp³-hybridized carbons (Fsp3) is 0.778.